The predicted molar refractivity (Wildman–Crippen MR) is 55.7 cm³/mol. The Morgan fingerprint density at radius 2 is 2.07 bits per heavy atom. The zero-order valence-corrected chi connectivity index (χ0v) is 9.50. The molecular weight excluding hydrogens is 178 g/mol. The third kappa shape index (κ3) is 2.47. The summed E-state index contributed by atoms with van der Waals surface area (Å²) < 4.78 is 0. The highest BCUT2D eigenvalue weighted by Crippen LogP contribution is 2.51. The van der Waals surface area contributed by atoms with Crippen LogP contribution in [0.3, 0.4) is 0 Å². The Balaban J connectivity index is 2.41. The van der Waals surface area contributed by atoms with Gasteiger partial charge in [-0.25, -0.2) is 0 Å². The van der Waals surface area contributed by atoms with Crippen LogP contribution in [0.1, 0.15) is 34.1 Å². The Kier molecular flexibility index (Phi) is 3.20. The predicted octanol–water partition coefficient (Wildman–Crippen LogP) is 1.17. The van der Waals surface area contributed by atoms with Crippen LogP contribution in [0, 0.1) is 17.3 Å². The summed E-state index contributed by atoms with van der Waals surface area (Å²) in [6, 6.07) is -0.0982. The van der Waals surface area contributed by atoms with Crippen molar-refractivity contribution in [2.45, 2.75) is 40.2 Å². The summed E-state index contributed by atoms with van der Waals surface area (Å²) in [6.45, 7) is 8.22. The normalized spacial score (nSPS) is 26.0. The van der Waals surface area contributed by atoms with Crippen LogP contribution in [0.2, 0.25) is 0 Å². The van der Waals surface area contributed by atoms with Crippen LogP contribution < -0.4 is 5.32 Å². The molecule has 1 aliphatic carbocycles. The van der Waals surface area contributed by atoms with Crippen molar-refractivity contribution in [2.24, 2.45) is 17.3 Å². The second kappa shape index (κ2) is 3.89. The van der Waals surface area contributed by atoms with Gasteiger partial charge < -0.3 is 10.4 Å². The van der Waals surface area contributed by atoms with Gasteiger partial charge in [0.1, 0.15) is 0 Å². The van der Waals surface area contributed by atoms with E-state index in [-0.39, 0.29) is 35.8 Å². The summed E-state index contributed by atoms with van der Waals surface area (Å²) in [4.78, 5) is 11.7. The van der Waals surface area contributed by atoms with Crippen LogP contribution in [0.4, 0.5) is 0 Å². The lowest BCUT2D eigenvalue weighted by molar-refractivity contribution is -0.124. The highest BCUT2D eigenvalue weighted by Gasteiger charge is 2.50. The molecule has 1 fully saturated rings. The van der Waals surface area contributed by atoms with E-state index >= 15 is 0 Å². The number of rotatable bonds is 4. The van der Waals surface area contributed by atoms with Crippen LogP contribution in [0.25, 0.3) is 0 Å². The fourth-order valence-electron chi connectivity index (χ4n) is 1.62. The van der Waals surface area contributed by atoms with E-state index in [2.05, 4.69) is 19.2 Å². The summed E-state index contributed by atoms with van der Waals surface area (Å²) in [7, 11) is 0. The minimum absolute atomic E-state index is 0.0244. The first kappa shape index (κ1) is 11.5. The first-order valence-corrected chi connectivity index (χ1v) is 5.29. The average Bonchev–Trinajstić information content (AvgIpc) is 2.70. The zero-order valence-electron chi connectivity index (χ0n) is 9.50. The minimum Gasteiger partial charge on any atom is -0.394 e. The molecule has 14 heavy (non-hydrogen) atoms. The summed E-state index contributed by atoms with van der Waals surface area (Å²) in [6.07, 6.45) is 0.967. The molecule has 2 unspecified atom stereocenters. The maximum atomic E-state index is 11.7. The Morgan fingerprint density at radius 3 is 2.36 bits per heavy atom. The summed E-state index contributed by atoms with van der Waals surface area (Å²) in [5.74, 6) is 0.531. The molecular formula is C11H21NO2. The molecule has 2 N–H and O–H groups in total. The number of aliphatic hydroxyl groups excluding tert-OH is 1. The molecule has 3 heteroatoms. The number of nitrogens with one attached hydrogen (secondary N) is 1. The maximum absolute atomic E-state index is 11.7. The van der Waals surface area contributed by atoms with Gasteiger partial charge in [0.25, 0.3) is 0 Å². The van der Waals surface area contributed by atoms with E-state index in [1.165, 1.54) is 0 Å². The van der Waals surface area contributed by atoms with E-state index in [1.54, 1.807) is 0 Å². The molecule has 3 nitrogen and oxygen atoms in total. The minimum atomic E-state index is -0.0982. The summed E-state index contributed by atoms with van der Waals surface area (Å²) in [5, 5.41) is 12.0. The number of aliphatic hydroxyl groups is 1. The first-order valence-electron chi connectivity index (χ1n) is 5.29. The summed E-state index contributed by atoms with van der Waals surface area (Å²) >= 11 is 0. The van der Waals surface area contributed by atoms with Crippen molar-refractivity contribution in [3.8, 4) is 0 Å². The quantitative estimate of drug-likeness (QED) is 0.714. The van der Waals surface area contributed by atoms with Gasteiger partial charge in [0.05, 0.1) is 12.6 Å². The van der Waals surface area contributed by atoms with Gasteiger partial charge in [-0.1, -0.05) is 27.7 Å². The van der Waals surface area contributed by atoms with Crippen LogP contribution in [-0.2, 0) is 4.79 Å². The van der Waals surface area contributed by atoms with Crippen molar-refractivity contribution in [3.05, 3.63) is 0 Å². The van der Waals surface area contributed by atoms with Crippen molar-refractivity contribution in [1.29, 1.82) is 0 Å². The number of carbonyl (C=O) groups excluding carboxylic acids is 1. The Morgan fingerprint density at radius 1 is 1.57 bits per heavy atom. The number of hydrogen-bond acceptors (Lipinski definition) is 2. The van der Waals surface area contributed by atoms with Gasteiger partial charge >= 0.3 is 0 Å². The SMILES string of the molecule is CC(C)C(CO)NC(=O)C1CC1(C)C. The van der Waals surface area contributed by atoms with Crippen LogP contribution in [0.15, 0.2) is 0 Å². The highest BCUT2D eigenvalue weighted by atomic mass is 16.3. The molecule has 0 heterocycles. The van der Waals surface area contributed by atoms with E-state index in [0.717, 1.165) is 6.42 Å². The fourth-order valence-corrected chi connectivity index (χ4v) is 1.62. The van der Waals surface area contributed by atoms with Gasteiger partial charge in [-0.3, -0.25) is 4.79 Å². The molecule has 0 bridgehead atoms. The molecule has 0 aromatic carbocycles. The number of hydrogen-bond donors (Lipinski definition) is 2. The van der Waals surface area contributed by atoms with Gasteiger partial charge in [0.15, 0.2) is 0 Å². The third-order valence-electron chi connectivity index (χ3n) is 3.16. The standard InChI is InChI=1S/C11H21NO2/c1-7(2)9(6-13)12-10(14)8-5-11(8,3)4/h7-9,13H,5-6H2,1-4H3,(H,12,14). The smallest absolute Gasteiger partial charge is 0.223 e. The molecule has 0 radical (unpaired) electrons. The fraction of sp³-hybridized carbons (Fsp3) is 0.909. The van der Waals surface area contributed by atoms with Gasteiger partial charge in [0.2, 0.25) is 5.91 Å². The average molecular weight is 199 g/mol. The van der Waals surface area contributed by atoms with E-state index in [4.69, 9.17) is 5.11 Å². The van der Waals surface area contributed by atoms with Gasteiger partial charge in [-0.15, -0.1) is 0 Å². The van der Waals surface area contributed by atoms with Crippen molar-refractivity contribution < 1.29 is 9.90 Å². The molecule has 0 aromatic rings. The molecule has 1 rings (SSSR count). The second-order valence-corrected chi connectivity index (χ2v) is 5.29. The van der Waals surface area contributed by atoms with Crippen molar-refractivity contribution in [1.82, 2.24) is 5.32 Å². The van der Waals surface area contributed by atoms with Crippen molar-refractivity contribution >= 4 is 5.91 Å². The van der Waals surface area contributed by atoms with Crippen LogP contribution >= 0.6 is 0 Å². The summed E-state index contributed by atoms with van der Waals surface area (Å²) in [5.41, 5.74) is 0.168. The molecule has 0 aromatic heterocycles. The molecule has 82 valence electrons. The zero-order chi connectivity index (χ0) is 10.9. The van der Waals surface area contributed by atoms with Crippen LogP contribution in [0.5, 0.6) is 0 Å². The number of amides is 1. The monoisotopic (exact) mass is 199 g/mol. The van der Waals surface area contributed by atoms with Gasteiger partial charge in [0, 0.05) is 5.92 Å². The van der Waals surface area contributed by atoms with Gasteiger partial charge in [-0.05, 0) is 17.8 Å². The Bertz CT molecular complexity index is 223. The maximum Gasteiger partial charge on any atom is 0.223 e. The second-order valence-electron chi connectivity index (χ2n) is 5.29. The molecule has 0 spiro atoms. The van der Waals surface area contributed by atoms with E-state index in [9.17, 15) is 4.79 Å². The molecule has 2 atom stereocenters. The number of carbonyl (C=O) groups is 1. The lowest BCUT2D eigenvalue weighted by Gasteiger charge is -2.20. The molecule has 0 saturated heterocycles. The Hall–Kier alpha value is -0.570. The van der Waals surface area contributed by atoms with Crippen molar-refractivity contribution in [2.75, 3.05) is 6.61 Å². The lowest BCUT2D eigenvalue weighted by atomic mass is 10.0. The van der Waals surface area contributed by atoms with E-state index in [0.29, 0.717) is 0 Å². The van der Waals surface area contributed by atoms with E-state index in [1.807, 2.05) is 13.8 Å². The highest BCUT2D eigenvalue weighted by molar-refractivity contribution is 5.82. The van der Waals surface area contributed by atoms with Crippen LogP contribution in [-0.4, -0.2) is 23.7 Å². The molecule has 0 aliphatic heterocycles. The topological polar surface area (TPSA) is 49.3 Å². The molecule has 1 amide bonds. The lowest BCUT2D eigenvalue weighted by Crippen LogP contribution is -2.42. The van der Waals surface area contributed by atoms with Crippen molar-refractivity contribution in [3.63, 3.8) is 0 Å². The first-order chi connectivity index (χ1) is 6.38. The van der Waals surface area contributed by atoms with Gasteiger partial charge in [-0.2, -0.15) is 0 Å². The third-order valence-corrected chi connectivity index (χ3v) is 3.16. The molecule has 1 aliphatic rings. The Labute approximate surface area is 85.9 Å². The van der Waals surface area contributed by atoms with E-state index < -0.39 is 0 Å². The largest absolute Gasteiger partial charge is 0.394 e. The molecule has 1 saturated carbocycles.